The number of piperidine rings is 1. The van der Waals surface area contributed by atoms with Gasteiger partial charge in [-0.05, 0) is 55.7 Å². The number of carbonyl (C=O) groups excluding carboxylic acids is 1. The smallest absolute Gasteiger partial charge is 0.246 e. The first-order chi connectivity index (χ1) is 13.7. The number of ether oxygens (including phenoxy) is 1. The summed E-state index contributed by atoms with van der Waals surface area (Å²) in [5, 5.41) is 3.39. The maximum atomic E-state index is 13.6. The van der Waals surface area contributed by atoms with Crippen LogP contribution in [0.1, 0.15) is 18.4 Å². The zero-order valence-corrected chi connectivity index (χ0v) is 17.7. The van der Waals surface area contributed by atoms with Crippen LogP contribution >= 0.6 is 11.6 Å². The molecule has 1 fully saturated rings. The molecule has 0 unspecified atom stereocenters. The Morgan fingerprint density at radius 1 is 1.21 bits per heavy atom. The highest BCUT2D eigenvalue weighted by Gasteiger charge is 2.34. The van der Waals surface area contributed by atoms with E-state index in [9.17, 15) is 17.6 Å². The molecule has 1 aliphatic heterocycles. The highest BCUT2D eigenvalue weighted by molar-refractivity contribution is 7.89. The van der Waals surface area contributed by atoms with Crippen LogP contribution in [0.2, 0.25) is 5.02 Å². The van der Waals surface area contributed by atoms with Gasteiger partial charge in [0.25, 0.3) is 0 Å². The van der Waals surface area contributed by atoms with Gasteiger partial charge >= 0.3 is 0 Å². The Kier molecular flexibility index (Phi) is 6.45. The summed E-state index contributed by atoms with van der Waals surface area (Å²) >= 11 is 5.99. The number of carbonyl (C=O) groups is 1. The summed E-state index contributed by atoms with van der Waals surface area (Å²) in [6.45, 7) is 2.19. The molecule has 29 heavy (non-hydrogen) atoms. The van der Waals surface area contributed by atoms with Crippen molar-refractivity contribution in [2.75, 3.05) is 25.5 Å². The highest BCUT2D eigenvalue weighted by Crippen LogP contribution is 2.31. The van der Waals surface area contributed by atoms with Crippen molar-refractivity contribution >= 4 is 33.2 Å². The van der Waals surface area contributed by atoms with E-state index in [0.717, 1.165) is 17.7 Å². The Hall–Kier alpha value is -2.16. The van der Waals surface area contributed by atoms with Crippen molar-refractivity contribution in [1.82, 2.24) is 4.31 Å². The molecule has 0 atom stereocenters. The van der Waals surface area contributed by atoms with Gasteiger partial charge < -0.3 is 10.1 Å². The van der Waals surface area contributed by atoms with E-state index < -0.39 is 15.8 Å². The van der Waals surface area contributed by atoms with Crippen molar-refractivity contribution in [3.63, 3.8) is 0 Å². The van der Waals surface area contributed by atoms with E-state index in [0.29, 0.717) is 23.6 Å². The van der Waals surface area contributed by atoms with Crippen LogP contribution in [-0.2, 0) is 14.8 Å². The molecule has 1 amide bonds. The van der Waals surface area contributed by atoms with Gasteiger partial charge in [0.2, 0.25) is 15.9 Å². The number of hydrogen-bond acceptors (Lipinski definition) is 4. The first kappa shape index (κ1) is 21.5. The second kappa shape index (κ2) is 8.69. The van der Waals surface area contributed by atoms with E-state index in [2.05, 4.69) is 5.32 Å². The van der Waals surface area contributed by atoms with E-state index in [1.54, 1.807) is 12.1 Å². The third kappa shape index (κ3) is 4.71. The second-order valence-corrected chi connectivity index (χ2v) is 9.26. The van der Waals surface area contributed by atoms with Crippen LogP contribution in [0.4, 0.5) is 10.1 Å². The predicted molar refractivity (Wildman–Crippen MR) is 109 cm³/mol. The fourth-order valence-electron chi connectivity index (χ4n) is 3.31. The molecule has 1 N–H and O–H groups in total. The fraction of sp³-hybridized carbons (Fsp3) is 0.350. The molecule has 0 aromatic heterocycles. The van der Waals surface area contributed by atoms with Gasteiger partial charge in [0.15, 0.2) is 0 Å². The Bertz CT molecular complexity index is 1020. The van der Waals surface area contributed by atoms with Gasteiger partial charge in [-0.25, -0.2) is 12.8 Å². The average Bonchev–Trinajstić information content (AvgIpc) is 2.70. The van der Waals surface area contributed by atoms with Crippen molar-refractivity contribution < 1.29 is 22.3 Å². The molecule has 0 spiro atoms. The van der Waals surface area contributed by atoms with E-state index in [-0.39, 0.29) is 35.6 Å². The van der Waals surface area contributed by atoms with Crippen LogP contribution in [0.3, 0.4) is 0 Å². The summed E-state index contributed by atoms with van der Waals surface area (Å²) in [6.07, 6.45) is 0.727. The lowest BCUT2D eigenvalue weighted by Crippen LogP contribution is -2.41. The quantitative estimate of drug-likeness (QED) is 0.766. The third-order valence-electron chi connectivity index (χ3n) is 5.03. The number of halogens is 2. The molecule has 0 radical (unpaired) electrons. The van der Waals surface area contributed by atoms with E-state index >= 15 is 0 Å². The third-order valence-corrected chi connectivity index (χ3v) is 7.18. The molecule has 1 heterocycles. The number of methoxy groups -OCH3 is 1. The number of anilines is 1. The van der Waals surface area contributed by atoms with Crippen molar-refractivity contribution in [3.05, 3.63) is 52.8 Å². The van der Waals surface area contributed by atoms with Gasteiger partial charge in [0.1, 0.15) is 16.5 Å². The molecule has 1 saturated heterocycles. The lowest BCUT2D eigenvalue weighted by molar-refractivity contribution is -0.120. The normalized spacial score (nSPS) is 15.9. The van der Waals surface area contributed by atoms with Crippen LogP contribution in [-0.4, -0.2) is 38.8 Å². The lowest BCUT2D eigenvalue weighted by atomic mass is 9.97. The van der Waals surface area contributed by atoms with Gasteiger partial charge in [-0.2, -0.15) is 4.31 Å². The van der Waals surface area contributed by atoms with Crippen LogP contribution in [0, 0.1) is 18.7 Å². The SMILES string of the molecule is COc1ccc(F)cc1S(=O)(=O)N1CCC(C(=O)Nc2cc(Cl)ccc2C)CC1. The molecule has 0 aliphatic carbocycles. The maximum Gasteiger partial charge on any atom is 0.246 e. The predicted octanol–water partition coefficient (Wildman–Crippen LogP) is 3.84. The number of benzene rings is 2. The van der Waals surface area contributed by atoms with Crippen molar-refractivity contribution in [2.24, 2.45) is 5.92 Å². The van der Waals surface area contributed by atoms with E-state index in [1.807, 2.05) is 13.0 Å². The van der Waals surface area contributed by atoms with E-state index in [1.165, 1.54) is 17.5 Å². The first-order valence-electron chi connectivity index (χ1n) is 9.13. The lowest BCUT2D eigenvalue weighted by Gasteiger charge is -2.31. The minimum absolute atomic E-state index is 0.0858. The van der Waals surface area contributed by atoms with Gasteiger partial charge in [-0.3, -0.25) is 4.79 Å². The average molecular weight is 441 g/mol. The summed E-state index contributed by atoms with van der Waals surface area (Å²) < 4.78 is 45.8. The number of hydrogen-bond donors (Lipinski definition) is 1. The standard InChI is InChI=1S/C20H22ClFN2O4S/c1-13-3-4-15(21)11-17(13)23-20(25)14-7-9-24(10-8-14)29(26,27)19-12-16(22)5-6-18(19)28-2/h3-6,11-12,14H,7-10H2,1-2H3,(H,23,25). The Morgan fingerprint density at radius 3 is 2.55 bits per heavy atom. The summed E-state index contributed by atoms with van der Waals surface area (Å²) in [7, 11) is -2.59. The van der Waals surface area contributed by atoms with Crippen LogP contribution in [0.5, 0.6) is 5.75 Å². The van der Waals surface area contributed by atoms with Crippen molar-refractivity contribution in [3.8, 4) is 5.75 Å². The Morgan fingerprint density at radius 2 is 1.90 bits per heavy atom. The second-order valence-electron chi connectivity index (χ2n) is 6.92. The molecule has 3 rings (SSSR count). The van der Waals surface area contributed by atoms with E-state index in [4.69, 9.17) is 16.3 Å². The van der Waals surface area contributed by atoms with Gasteiger partial charge in [-0.15, -0.1) is 0 Å². The molecule has 0 saturated carbocycles. The molecule has 9 heteroatoms. The maximum absolute atomic E-state index is 13.6. The van der Waals surface area contributed by atoms with Crippen molar-refractivity contribution in [2.45, 2.75) is 24.7 Å². The Labute approximate surface area is 174 Å². The summed E-state index contributed by atoms with van der Waals surface area (Å²) in [5.74, 6) is -1.07. The number of aryl methyl sites for hydroxylation is 1. The summed E-state index contributed by atoms with van der Waals surface area (Å²) in [4.78, 5) is 12.4. The molecule has 6 nitrogen and oxygen atoms in total. The van der Waals surface area contributed by atoms with Crippen molar-refractivity contribution in [1.29, 1.82) is 0 Å². The van der Waals surface area contributed by atoms with Crippen LogP contribution < -0.4 is 10.1 Å². The summed E-state index contributed by atoms with van der Waals surface area (Å²) in [5.41, 5.74) is 1.53. The molecule has 0 bridgehead atoms. The van der Waals surface area contributed by atoms with Crippen LogP contribution in [0.25, 0.3) is 0 Å². The number of rotatable bonds is 5. The van der Waals surface area contributed by atoms with Crippen LogP contribution in [0.15, 0.2) is 41.3 Å². The van der Waals surface area contributed by atoms with Gasteiger partial charge in [0, 0.05) is 29.7 Å². The topological polar surface area (TPSA) is 75.7 Å². The molecule has 2 aromatic rings. The zero-order valence-electron chi connectivity index (χ0n) is 16.1. The summed E-state index contributed by atoms with van der Waals surface area (Å²) in [6, 6.07) is 8.64. The minimum Gasteiger partial charge on any atom is -0.495 e. The molecule has 156 valence electrons. The highest BCUT2D eigenvalue weighted by atomic mass is 35.5. The molecular formula is C20H22ClFN2O4S. The fourth-order valence-corrected chi connectivity index (χ4v) is 5.12. The van der Waals surface area contributed by atoms with Gasteiger partial charge in [-0.1, -0.05) is 17.7 Å². The molecule has 1 aliphatic rings. The Balaban J connectivity index is 1.69. The zero-order chi connectivity index (χ0) is 21.2. The monoisotopic (exact) mass is 440 g/mol. The first-order valence-corrected chi connectivity index (χ1v) is 10.9. The molecule has 2 aromatic carbocycles. The number of nitrogens with one attached hydrogen (secondary N) is 1. The molecular weight excluding hydrogens is 419 g/mol. The number of nitrogens with zero attached hydrogens (tertiary/aromatic N) is 1. The number of amides is 1. The largest absolute Gasteiger partial charge is 0.495 e. The number of sulfonamides is 1. The van der Waals surface area contributed by atoms with Gasteiger partial charge in [0.05, 0.1) is 7.11 Å². The minimum atomic E-state index is -3.93.